The van der Waals surface area contributed by atoms with Crippen LogP contribution in [0.2, 0.25) is 0 Å². The summed E-state index contributed by atoms with van der Waals surface area (Å²) in [5.74, 6) is 5.83. The number of anilines is 1. The van der Waals surface area contributed by atoms with E-state index in [1.807, 2.05) is 11.8 Å². The van der Waals surface area contributed by atoms with Crippen molar-refractivity contribution in [2.24, 2.45) is 5.84 Å². The van der Waals surface area contributed by atoms with E-state index in [1.54, 1.807) is 12.1 Å². The number of ether oxygens (including phenoxy) is 1. The molecule has 1 aliphatic rings. The minimum atomic E-state index is -0.0161. The number of hydrogen-bond acceptors (Lipinski definition) is 6. The highest BCUT2D eigenvalue weighted by Crippen LogP contribution is 2.18. The van der Waals surface area contributed by atoms with Gasteiger partial charge in [-0.2, -0.15) is 0 Å². The first-order valence-corrected chi connectivity index (χ1v) is 7.11. The van der Waals surface area contributed by atoms with Crippen molar-refractivity contribution in [3.8, 4) is 0 Å². The van der Waals surface area contributed by atoms with Crippen LogP contribution in [-0.4, -0.2) is 53.3 Å². The van der Waals surface area contributed by atoms with Crippen LogP contribution in [0.3, 0.4) is 0 Å². The molecule has 0 radical (unpaired) electrons. The maximum absolute atomic E-state index is 12.5. The number of aryl methyl sites for hydroxylation is 1. The minimum absolute atomic E-state index is 0.0161. The highest BCUT2D eigenvalue weighted by atomic mass is 16.5. The molecular weight excluding hydrogens is 272 g/mol. The van der Waals surface area contributed by atoms with E-state index in [1.165, 1.54) is 0 Å². The van der Waals surface area contributed by atoms with Gasteiger partial charge in [-0.15, -0.1) is 0 Å². The van der Waals surface area contributed by atoms with Gasteiger partial charge in [0.05, 0.1) is 19.3 Å². The lowest BCUT2D eigenvalue weighted by molar-refractivity contribution is -0.00554. The number of aliphatic hydroxyl groups is 1. The Kier molecular flexibility index (Phi) is 5.49. The number of nitrogens with one attached hydrogen (secondary N) is 1. The van der Waals surface area contributed by atoms with E-state index < -0.39 is 0 Å². The summed E-state index contributed by atoms with van der Waals surface area (Å²) in [5.41, 5.74) is 3.80. The Hall–Kier alpha value is -1.70. The van der Waals surface area contributed by atoms with E-state index >= 15 is 0 Å². The summed E-state index contributed by atoms with van der Waals surface area (Å²) in [6, 6.07) is 3.42. The first-order chi connectivity index (χ1) is 10.1. The van der Waals surface area contributed by atoms with E-state index in [2.05, 4.69) is 10.4 Å². The predicted molar refractivity (Wildman–Crippen MR) is 78.7 cm³/mol. The van der Waals surface area contributed by atoms with Gasteiger partial charge >= 0.3 is 0 Å². The smallest absolute Gasteiger partial charge is 0.254 e. The number of hydrazine groups is 1. The van der Waals surface area contributed by atoms with Gasteiger partial charge in [-0.05, 0) is 31.9 Å². The summed E-state index contributed by atoms with van der Waals surface area (Å²) < 4.78 is 5.50. The zero-order valence-corrected chi connectivity index (χ0v) is 12.2. The van der Waals surface area contributed by atoms with Crippen molar-refractivity contribution in [2.45, 2.75) is 25.9 Å². The second kappa shape index (κ2) is 7.35. The second-order valence-electron chi connectivity index (χ2n) is 5.11. The van der Waals surface area contributed by atoms with Crippen LogP contribution in [0, 0.1) is 6.92 Å². The summed E-state index contributed by atoms with van der Waals surface area (Å²) in [7, 11) is 0. The largest absolute Gasteiger partial charge is 0.394 e. The molecule has 1 aromatic rings. The molecule has 116 valence electrons. The van der Waals surface area contributed by atoms with Gasteiger partial charge in [-0.25, -0.2) is 10.8 Å². The van der Waals surface area contributed by atoms with E-state index in [4.69, 9.17) is 15.7 Å². The van der Waals surface area contributed by atoms with Gasteiger partial charge in [0, 0.05) is 24.3 Å². The number of carbonyl (C=O) groups excluding carboxylic acids is 1. The third kappa shape index (κ3) is 4.13. The highest BCUT2D eigenvalue weighted by Gasteiger charge is 2.24. The van der Waals surface area contributed by atoms with Crippen molar-refractivity contribution >= 4 is 11.7 Å². The van der Waals surface area contributed by atoms with Gasteiger partial charge in [0.25, 0.3) is 5.91 Å². The maximum atomic E-state index is 12.5. The molecule has 7 nitrogen and oxygen atoms in total. The quantitative estimate of drug-likeness (QED) is 0.533. The Balaban J connectivity index is 1.97. The molecule has 1 amide bonds. The first-order valence-electron chi connectivity index (χ1n) is 7.11. The number of amides is 1. The van der Waals surface area contributed by atoms with E-state index in [0.717, 1.165) is 18.5 Å². The Morgan fingerprint density at radius 1 is 1.52 bits per heavy atom. The molecule has 0 aliphatic carbocycles. The average molecular weight is 294 g/mol. The molecule has 0 spiro atoms. The number of aliphatic hydroxyl groups excluding tert-OH is 1. The molecule has 1 fully saturated rings. The first kappa shape index (κ1) is 15.7. The van der Waals surface area contributed by atoms with Gasteiger partial charge in [-0.3, -0.25) is 4.79 Å². The number of nitrogen functional groups attached to an aromatic ring is 1. The lowest BCUT2D eigenvalue weighted by Crippen LogP contribution is -2.41. The van der Waals surface area contributed by atoms with Crippen LogP contribution >= 0.6 is 0 Å². The van der Waals surface area contributed by atoms with Crippen molar-refractivity contribution in [1.29, 1.82) is 0 Å². The number of nitrogens with zero attached hydrogens (tertiary/aromatic N) is 2. The molecular formula is C14H22N4O3. The summed E-state index contributed by atoms with van der Waals surface area (Å²) in [6.45, 7) is 3.52. The topological polar surface area (TPSA) is 101 Å². The van der Waals surface area contributed by atoms with Gasteiger partial charge < -0.3 is 20.2 Å². The molecule has 0 atom stereocenters. The molecule has 21 heavy (non-hydrogen) atoms. The Morgan fingerprint density at radius 3 is 2.86 bits per heavy atom. The van der Waals surface area contributed by atoms with Crippen LogP contribution < -0.4 is 11.3 Å². The molecule has 1 saturated heterocycles. The highest BCUT2D eigenvalue weighted by molar-refractivity contribution is 5.95. The molecule has 2 heterocycles. The van der Waals surface area contributed by atoms with E-state index in [0.29, 0.717) is 31.1 Å². The van der Waals surface area contributed by atoms with Gasteiger partial charge in [-0.1, -0.05) is 0 Å². The molecule has 0 saturated carbocycles. The van der Waals surface area contributed by atoms with E-state index in [9.17, 15) is 4.79 Å². The number of hydrogen-bond donors (Lipinski definition) is 3. The summed E-state index contributed by atoms with van der Waals surface area (Å²) in [5, 5.41) is 8.75. The molecule has 7 heteroatoms. The van der Waals surface area contributed by atoms with Gasteiger partial charge in [0.2, 0.25) is 0 Å². The van der Waals surface area contributed by atoms with Crippen molar-refractivity contribution < 1.29 is 14.6 Å². The van der Waals surface area contributed by atoms with E-state index in [-0.39, 0.29) is 18.6 Å². The number of pyridine rings is 1. The molecule has 0 unspecified atom stereocenters. The van der Waals surface area contributed by atoms with Crippen LogP contribution in [0.1, 0.15) is 28.9 Å². The zero-order valence-electron chi connectivity index (χ0n) is 12.2. The normalized spacial score (nSPS) is 16.0. The number of nitrogens with two attached hydrogens (primary N) is 1. The molecule has 4 N–H and O–H groups in total. The second-order valence-corrected chi connectivity index (χ2v) is 5.11. The third-order valence-corrected chi connectivity index (χ3v) is 3.52. The average Bonchev–Trinajstić information content (AvgIpc) is 2.52. The minimum Gasteiger partial charge on any atom is -0.394 e. The number of aromatic nitrogens is 1. The number of likely N-dealkylation sites (tertiary alicyclic amines) is 1. The monoisotopic (exact) mass is 294 g/mol. The number of rotatable bonds is 5. The van der Waals surface area contributed by atoms with Crippen LogP contribution in [0.15, 0.2) is 12.1 Å². The van der Waals surface area contributed by atoms with Crippen LogP contribution in [-0.2, 0) is 4.74 Å². The van der Waals surface area contributed by atoms with Gasteiger partial charge in [0.15, 0.2) is 0 Å². The maximum Gasteiger partial charge on any atom is 0.254 e. The standard InChI is InChI=1S/C14H22N4O3/c1-10-8-11(9-13(16-10)17-15)14(20)18-4-2-12(3-5-18)21-7-6-19/h8-9,12,19H,2-7,15H2,1H3,(H,16,17). The predicted octanol–water partition coefficient (Wildman–Crippen LogP) is 0.289. The lowest BCUT2D eigenvalue weighted by Gasteiger charge is -2.32. The Bertz CT molecular complexity index is 487. The van der Waals surface area contributed by atoms with Crippen LogP contribution in [0.4, 0.5) is 5.82 Å². The third-order valence-electron chi connectivity index (χ3n) is 3.52. The molecule has 0 bridgehead atoms. The van der Waals surface area contributed by atoms with Crippen molar-refractivity contribution in [1.82, 2.24) is 9.88 Å². The Labute approximate surface area is 124 Å². The lowest BCUT2D eigenvalue weighted by atomic mass is 10.1. The molecule has 1 aromatic heterocycles. The SMILES string of the molecule is Cc1cc(C(=O)N2CCC(OCCO)CC2)cc(NN)n1. The van der Waals surface area contributed by atoms with Crippen molar-refractivity contribution in [2.75, 3.05) is 31.7 Å². The summed E-state index contributed by atoms with van der Waals surface area (Å²) in [6.07, 6.45) is 1.71. The number of piperidine rings is 1. The van der Waals surface area contributed by atoms with Crippen LogP contribution in [0.5, 0.6) is 0 Å². The fourth-order valence-electron chi connectivity index (χ4n) is 2.49. The fourth-order valence-corrected chi connectivity index (χ4v) is 2.49. The van der Waals surface area contributed by atoms with Crippen molar-refractivity contribution in [3.05, 3.63) is 23.4 Å². The van der Waals surface area contributed by atoms with Crippen molar-refractivity contribution in [3.63, 3.8) is 0 Å². The van der Waals surface area contributed by atoms with Gasteiger partial charge in [0.1, 0.15) is 5.82 Å². The Morgan fingerprint density at radius 2 is 2.24 bits per heavy atom. The summed E-state index contributed by atoms with van der Waals surface area (Å²) in [4.78, 5) is 18.5. The fraction of sp³-hybridized carbons (Fsp3) is 0.571. The number of carbonyl (C=O) groups is 1. The molecule has 0 aromatic carbocycles. The molecule has 2 rings (SSSR count). The van der Waals surface area contributed by atoms with Crippen LogP contribution in [0.25, 0.3) is 0 Å². The zero-order chi connectivity index (χ0) is 15.2. The summed E-state index contributed by atoms with van der Waals surface area (Å²) >= 11 is 0. The molecule has 1 aliphatic heterocycles.